The van der Waals surface area contributed by atoms with Crippen molar-refractivity contribution in [3.05, 3.63) is 0 Å². The maximum atomic E-state index is 5.69. The molecule has 0 aromatic heterocycles. The highest BCUT2D eigenvalue weighted by molar-refractivity contribution is 4.87. The van der Waals surface area contributed by atoms with Crippen LogP contribution in [0.15, 0.2) is 0 Å². The Hall–Kier alpha value is -0.160. The Labute approximate surface area is 78.1 Å². The molecule has 0 aliphatic carbocycles. The summed E-state index contributed by atoms with van der Waals surface area (Å²) in [5.41, 5.74) is 0. The molecule has 13 heavy (non-hydrogen) atoms. The Kier molecular flexibility index (Phi) is 2.11. The predicted molar refractivity (Wildman–Crippen MR) is 44.9 cm³/mol. The van der Waals surface area contributed by atoms with Gasteiger partial charge in [0.25, 0.3) is 0 Å². The quantitative estimate of drug-likeness (QED) is 0.617. The molecule has 0 amide bonds. The van der Waals surface area contributed by atoms with Gasteiger partial charge < -0.3 is 18.9 Å². The molecule has 0 aromatic carbocycles. The normalized spacial score (nSPS) is 48.0. The van der Waals surface area contributed by atoms with Crippen LogP contribution in [0.1, 0.15) is 20.8 Å². The first kappa shape index (κ1) is 9.40. The van der Waals surface area contributed by atoms with E-state index >= 15 is 0 Å². The van der Waals surface area contributed by atoms with Crippen LogP contribution >= 0.6 is 0 Å². The molecular weight excluding hydrogens is 172 g/mol. The molecule has 2 aliphatic heterocycles. The summed E-state index contributed by atoms with van der Waals surface area (Å²) in [6.45, 7) is 5.83. The first-order chi connectivity index (χ1) is 6.03. The molecule has 2 aliphatic rings. The highest BCUT2D eigenvalue weighted by Crippen LogP contribution is 2.40. The van der Waals surface area contributed by atoms with Gasteiger partial charge >= 0.3 is 0 Å². The Bertz CT molecular complexity index is 204. The van der Waals surface area contributed by atoms with Crippen LogP contribution in [0.3, 0.4) is 0 Å². The average Bonchev–Trinajstić information content (AvgIpc) is 2.47. The smallest absolute Gasteiger partial charge is 0.190 e. The second kappa shape index (κ2) is 2.92. The summed E-state index contributed by atoms with van der Waals surface area (Å²) in [4.78, 5) is 0. The van der Waals surface area contributed by atoms with E-state index in [1.165, 1.54) is 0 Å². The molecule has 4 atom stereocenters. The van der Waals surface area contributed by atoms with Crippen molar-refractivity contribution < 1.29 is 18.9 Å². The van der Waals surface area contributed by atoms with Gasteiger partial charge in [-0.05, 0) is 13.8 Å². The van der Waals surface area contributed by atoms with Crippen molar-refractivity contribution in [3.63, 3.8) is 0 Å². The molecule has 2 fully saturated rings. The molecule has 76 valence electrons. The summed E-state index contributed by atoms with van der Waals surface area (Å²) in [7, 11) is 1.63. The number of fused-ring (bicyclic) bond motifs is 1. The van der Waals surface area contributed by atoms with E-state index in [1.807, 2.05) is 20.8 Å². The molecule has 0 radical (unpaired) electrons. The highest BCUT2D eigenvalue weighted by atomic mass is 16.9. The van der Waals surface area contributed by atoms with E-state index in [0.29, 0.717) is 0 Å². The molecule has 0 bridgehead atoms. The molecule has 2 rings (SSSR count). The lowest BCUT2D eigenvalue weighted by Gasteiger charge is -2.22. The third-order valence-corrected chi connectivity index (χ3v) is 2.54. The fourth-order valence-corrected chi connectivity index (χ4v) is 1.90. The SMILES string of the molecule is CO[C@@H]1O[C@H]2OC(C)(C)O[C@H]2[C@@H]1C. The van der Waals surface area contributed by atoms with Crippen LogP contribution in [0.4, 0.5) is 0 Å². The summed E-state index contributed by atoms with van der Waals surface area (Å²) in [6, 6.07) is 0. The van der Waals surface area contributed by atoms with Gasteiger partial charge in [-0.15, -0.1) is 0 Å². The van der Waals surface area contributed by atoms with Gasteiger partial charge in [-0.2, -0.15) is 0 Å². The maximum absolute atomic E-state index is 5.69. The van der Waals surface area contributed by atoms with Gasteiger partial charge in [-0.25, -0.2) is 0 Å². The van der Waals surface area contributed by atoms with Crippen LogP contribution in [-0.2, 0) is 18.9 Å². The number of ether oxygens (including phenoxy) is 4. The molecule has 2 saturated heterocycles. The van der Waals surface area contributed by atoms with Gasteiger partial charge in [-0.1, -0.05) is 6.92 Å². The number of hydrogen-bond donors (Lipinski definition) is 0. The molecular formula is C9H16O4. The summed E-state index contributed by atoms with van der Waals surface area (Å²) in [6.07, 6.45) is -0.471. The lowest BCUT2D eigenvalue weighted by atomic mass is 10.1. The number of methoxy groups -OCH3 is 1. The van der Waals surface area contributed by atoms with Crippen LogP contribution in [0.25, 0.3) is 0 Å². The zero-order valence-electron chi connectivity index (χ0n) is 8.44. The summed E-state index contributed by atoms with van der Waals surface area (Å²) in [5.74, 6) is -0.306. The van der Waals surface area contributed by atoms with Crippen molar-refractivity contribution >= 4 is 0 Å². The lowest BCUT2D eigenvalue weighted by Crippen LogP contribution is -2.29. The molecule has 0 unspecified atom stereocenters. The minimum Gasteiger partial charge on any atom is -0.355 e. The summed E-state index contributed by atoms with van der Waals surface area (Å²) in [5, 5.41) is 0. The van der Waals surface area contributed by atoms with Crippen LogP contribution in [0.2, 0.25) is 0 Å². The predicted octanol–water partition coefficient (Wildman–Crippen LogP) is 1.10. The molecule has 4 nitrogen and oxygen atoms in total. The zero-order valence-corrected chi connectivity index (χ0v) is 8.44. The Morgan fingerprint density at radius 3 is 2.46 bits per heavy atom. The summed E-state index contributed by atoms with van der Waals surface area (Å²) >= 11 is 0. The summed E-state index contributed by atoms with van der Waals surface area (Å²) < 4.78 is 21.9. The van der Waals surface area contributed by atoms with E-state index in [1.54, 1.807) is 7.11 Å². The minimum absolute atomic E-state index is 0.0000463. The fourth-order valence-electron chi connectivity index (χ4n) is 1.90. The molecule has 2 heterocycles. The molecule has 0 aromatic rings. The second-order valence-corrected chi connectivity index (χ2v) is 4.07. The van der Waals surface area contributed by atoms with E-state index < -0.39 is 5.79 Å². The van der Waals surface area contributed by atoms with E-state index in [4.69, 9.17) is 18.9 Å². The van der Waals surface area contributed by atoms with Crippen molar-refractivity contribution in [2.75, 3.05) is 7.11 Å². The van der Waals surface area contributed by atoms with Crippen molar-refractivity contribution in [1.82, 2.24) is 0 Å². The Morgan fingerprint density at radius 2 is 1.92 bits per heavy atom. The Morgan fingerprint density at radius 1 is 1.23 bits per heavy atom. The van der Waals surface area contributed by atoms with Crippen LogP contribution in [0, 0.1) is 5.92 Å². The molecule has 0 N–H and O–H groups in total. The largest absolute Gasteiger partial charge is 0.355 e. The second-order valence-electron chi connectivity index (χ2n) is 4.07. The first-order valence-electron chi connectivity index (χ1n) is 4.57. The Balaban J connectivity index is 2.07. The fraction of sp³-hybridized carbons (Fsp3) is 1.00. The van der Waals surface area contributed by atoms with Crippen LogP contribution in [-0.4, -0.2) is 31.6 Å². The number of rotatable bonds is 1. The average molecular weight is 188 g/mol. The van der Waals surface area contributed by atoms with Crippen LogP contribution in [0.5, 0.6) is 0 Å². The van der Waals surface area contributed by atoms with Gasteiger partial charge in [0, 0.05) is 13.0 Å². The van der Waals surface area contributed by atoms with Gasteiger partial charge in [-0.3, -0.25) is 0 Å². The first-order valence-corrected chi connectivity index (χ1v) is 4.57. The minimum atomic E-state index is -0.525. The van der Waals surface area contributed by atoms with Gasteiger partial charge in [0.15, 0.2) is 18.4 Å². The van der Waals surface area contributed by atoms with E-state index in [2.05, 4.69) is 0 Å². The van der Waals surface area contributed by atoms with Crippen LogP contribution < -0.4 is 0 Å². The number of hydrogen-bond acceptors (Lipinski definition) is 4. The van der Waals surface area contributed by atoms with Gasteiger partial charge in [0.1, 0.15) is 6.10 Å². The lowest BCUT2D eigenvalue weighted by molar-refractivity contribution is -0.247. The monoisotopic (exact) mass is 188 g/mol. The zero-order chi connectivity index (χ0) is 9.64. The maximum Gasteiger partial charge on any atom is 0.190 e. The standard InChI is InChI=1S/C9H16O4/c1-5-6-8(11-7(5)10-4)13-9(2,3)12-6/h5-8H,1-4H3/t5-,6-,7+,8-/m0/s1. The van der Waals surface area contributed by atoms with Gasteiger partial charge in [0.05, 0.1) is 0 Å². The van der Waals surface area contributed by atoms with E-state index in [9.17, 15) is 0 Å². The molecule has 0 spiro atoms. The van der Waals surface area contributed by atoms with Crippen molar-refractivity contribution in [3.8, 4) is 0 Å². The highest BCUT2D eigenvalue weighted by Gasteiger charge is 2.53. The van der Waals surface area contributed by atoms with Crippen molar-refractivity contribution in [1.29, 1.82) is 0 Å². The van der Waals surface area contributed by atoms with E-state index in [-0.39, 0.29) is 24.6 Å². The third-order valence-electron chi connectivity index (χ3n) is 2.54. The van der Waals surface area contributed by atoms with Crippen molar-refractivity contribution in [2.45, 2.75) is 45.2 Å². The third kappa shape index (κ3) is 1.48. The van der Waals surface area contributed by atoms with Crippen molar-refractivity contribution in [2.24, 2.45) is 5.92 Å². The van der Waals surface area contributed by atoms with E-state index in [0.717, 1.165) is 0 Å². The molecule has 0 saturated carbocycles. The topological polar surface area (TPSA) is 36.9 Å². The molecule has 4 heteroatoms. The van der Waals surface area contributed by atoms with Gasteiger partial charge in [0.2, 0.25) is 0 Å².